The summed E-state index contributed by atoms with van der Waals surface area (Å²) in [5, 5.41) is 15.0. The number of nitrogens with one attached hydrogen (secondary N) is 1. The summed E-state index contributed by atoms with van der Waals surface area (Å²) in [6, 6.07) is 6.57. The Morgan fingerprint density at radius 1 is 1.17 bits per heavy atom. The van der Waals surface area contributed by atoms with Crippen molar-refractivity contribution >= 4 is 40.1 Å². The fraction of sp³-hybridized carbons (Fsp3) is 0.167. The third-order valence-electron chi connectivity index (χ3n) is 4.25. The molecule has 0 bridgehead atoms. The molecule has 0 fully saturated rings. The second kappa shape index (κ2) is 7.57. The first kappa shape index (κ1) is 20.9. The maximum atomic E-state index is 12.6. The second-order valence-corrected chi connectivity index (χ2v) is 6.97. The lowest BCUT2D eigenvalue weighted by Crippen LogP contribution is -2.36. The molecule has 1 heterocycles. The molecule has 1 amide bonds. The van der Waals surface area contributed by atoms with Gasteiger partial charge in [-0.15, -0.1) is 0 Å². The molecule has 1 aromatic heterocycles. The van der Waals surface area contributed by atoms with E-state index in [1.807, 2.05) is 0 Å². The maximum absolute atomic E-state index is 12.6. The Labute approximate surface area is 171 Å². The minimum absolute atomic E-state index is 0.0312. The molecule has 0 aliphatic rings. The van der Waals surface area contributed by atoms with Gasteiger partial charge in [0.2, 0.25) is 0 Å². The van der Waals surface area contributed by atoms with Crippen molar-refractivity contribution in [2.45, 2.75) is 19.6 Å². The van der Waals surface area contributed by atoms with E-state index in [-0.39, 0.29) is 37.7 Å². The minimum Gasteiger partial charge on any atom is -0.805 e. The highest BCUT2D eigenvalue weighted by Gasteiger charge is 2.30. The molecule has 152 valence electrons. The average molecular weight is 446 g/mol. The number of carbonyl (C=O) groups excluding carboxylic acids is 1. The molecule has 3 aromatic rings. The minimum atomic E-state index is -4.47. The van der Waals surface area contributed by atoms with Crippen LogP contribution < -0.4 is 9.74 Å². The molecule has 0 saturated carbocycles. The molecule has 0 aliphatic carbocycles. The van der Waals surface area contributed by atoms with Crippen molar-refractivity contribution < 1.29 is 22.4 Å². The van der Waals surface area contributed by atoms with Crippen LogP contribution in [0, 0.1) is 17.0 Å². The van der Waals surface area contributed by atoms with E-state index in [1.54, 1.807) is 0 Å². The Hall–Kier alpha value is -2.78. The number of hydrogen-bond donors (Lipinski definition) is 1. The number of hydrogen-bond acceptors (Lipinski definition) is 3. The molecule has 0 unspecified atom stereocenters. The number of amides is 1. The molecule has 6 nitrogen and oxygen atoms in total. The highest BCUT2D eigenvalue weighted by molar-refractivity contribution is 6.42. The van der Waals surface area contributed by atoms with Gasteiger partial charge in [-0.2, -0.15) is 13.2 Å². The van der Waals surface area contributed by atoms with Crippen LogP contribution in [0.5, 0.6) is 0 Å². The van der Waals surface area contributed by atoms with Crippen LogP contribution in [0.2, 0.25) is 10.0 Å². The van der Waals surface area contributed by atoms with E-state index in [1.165, 1.54) is 31.2 Å². The molecule has 11 heteroatoms. The molecule has 3 rings (SSSR count). The van der Waals surface area contributed by atoms with Crippen LogP contribution in [0.25, 0.3) is 11.0 Å². The smallest absolute Gasteiger partial charge is 0.416 e. The molecular formula is C18H12Cl2F3N3O3. The summed E-state index contributed by atoms with van der Waals surface area (Å²) >= 11 is 11.8. The number of alkyl halides is 3. The van der Waals surface area contributed by atoms with Crippen molar-refractivity contribution in [3.05, 3.63) is 79.1 Å². The number of nitrogens with zero attached hydrogens (tertiary/aromatic N) is 2. The van der Waals surface area contributed by atoms with Gasteiger partial charge in [0.05, 0.1) is 25.7 Å². The lowest BCUT2D eigenvalue weighted by Gasteiger charge is -2.16. The van der Waals surface area contributed by atoms with Crippen molar-refractivity contribution in [3.8, 4) is 0 Å². The lowest BCUT2D eigenvalue weighted by atomic mass is 10.1. The van der Waals surface area contributed by atoms with Crippen LogP contribution in [0.3, 0.4) is 0 Å². The van der Waals surface area contributed by atoms with Crippen LogP contribution in [0.15, 0.2) is 36.4 Å². The largest absolute Gasteiger partial charge is 0.805 e. The topological polar surface area (TPSA) is 80.1 Å². The van der Waals surface area contributed by atoms with Gasteiger partial charge in [-0.25, -0.2) is 0 Å². The second-order valence-electron chi connectivity index (χ2n) is 6.16. The fourth-order valence-electron chi connectivity index (χ4n) is 2.73. The van der Waals surface area contributed by atoms with Crippen LogP contribution in [-0.2, 0) is 12.7 Å². The van der Waals surface area contributed by atoms with Gasteiger partial charge in [0, 0.05) is 17.5 Å². The average Bonchev–Trinajstić information content (AvgIpc) is 2.66. The third kappa shape index (κ3) is 4.01. The van der Waals surface area contributed by atoms with Crippen LogP contribution in [0.1, 0.15) is 27.3 Å². The monoisotopic (exact) mass is 445 g/mol. The van der Waals surface area contributed by atoms with E-state index in [2.05, 4.69) is 5.32 Å². The van der Waals surface area contributed by atoms with Crippen molar-refractivity contribution in [2.75, 3.05) is 0 Å². The summed E-state index contributed by atoms with van der Waals surface area (Å²) in [6.45, 7) is 1.14. The van der Waals surface area contributed by atoms with Gasteiger partial charge >= 0.3 is 17.8 Å². The van der Waals surface area contributed by atoms with Crippen molar-refractivity contribution in [2.24, 2.45) is 0 Å². The van der Waals surface area contributed by atoms with Gasteiger partial charge in [-0.3, -0.25) is 4.79 Å². The Morgan fingerprint density at radius 3 is 2.34 bits per heavy atom. The van der Waals surface area contributed by atoms with Gasteiger partial charge in [-0.1, -0.05) is 35.3 Å². The zero-order valence-electron chi connectivity index (χ0n) is 14.7. The van der Waals surface area contributed by atoms with E-state index >= 15 is 0 Å². The first-order valence-electron chi connectivity index (χ1n) is 8.09. The summed E-state index contributed by atoms with van der Waals surface area (Å²) in [4.78, 5) is 25.2. The standard InChI is InChI=1S/C18H12Cl2F3N3O3/c1-9-16(26(29)15-7-13(20)12(19)6-14(15)25(9)28)17(27)24-8-10-2-4-11(5-3-10)18(21,22)23/h2-7H,8H2,1H3,(H,24,27). The molecule has 29 heavy (non-hydrogen) atoms. The molecule has 0 radical (unpaired) electrons. The zero-order valence-corrected chi connectivity index (χ0v) is 16.2. The molecule has 0 spiro atoms. The zero-order chi connectivity index (χ0) is 21.5. The predicted octanol–water partition coefficient (Wildman–Crippen LogP) is 4.47. The van der Waals surface area contributed by atoms with Gasteiger partial charge < -0.3 is 15.3 Å². The number of benzene rings is 2. The summed E-state index contributed by atoms with van der Waals surface area (Å²) in [5.41, 5.74) is -1.29. The molecule has 0 atom stereocenters. The van der Waals surface area contributed by atoms with E-state index in [0.29, 0.717) is 10.3 Å². The Bertz CT molecular complexity index is 1180. The lowest BCUT2D eigenvalue weighted by molar-refractivity contribution is -0.468. The van der Waals surface area contributed by atoms with Crippen LogP contribution >= 0.6 is 23.2 Å². The first-order chi connectivity index (χ1) is 13.5. The number of fused-ring (bicyclic) bond motifs is 1. The fourth-order valence-corrected chi connectivity index (χ4v) is 3.05. The normalized spacial score (nSPS) is 11.7. The van der Waals surface area contributed by atoms with E-state index in [0.717, 1.165) is 12.1 Å². The van der Waals surface area contributed by atoms with E-state index in [9.17, 15) is 28.1 Å². The summed E-state index contributed by atoms with van der Waals surface area (Å²) in [5.74, 6) is -0.866. The SMILES string of the molecule is Cc1c(C(=O)NCc2ccc(C(F)(F)F)cc2)[n+](=O)c2cc(Cl)c(Cl)cc2n1[O-]. The van der Waals surface area contributed by atoms with Gasteiger partial charge in [-0.05, 0) is 30.7 Å². The van der Waals surface area contributed by atoms with Crippen molar-refractivity contribution in [3.63, 3.8) is 0 Å². The van der Waals surface area contributed by atoms with E-state index < -0.39 is 23.3 Å². The summed E-state index contributed by atoms with van der Waals surface area (Å²) in [7, 11) is 0. The molecule has 0 saturated heterocycles. The molecule has 1 N–H and O–H groups in total. The molecule has 2 aromatic carbocycles. The van der Waals surface area contributed by atoms with E-state index in [4.69, 9.17) is 23.2 Å². The van der Waals surface area contributed by atoms with Gasteiger partial charge in [0.25, 0.3) is 5.52 Å². The highest BCUT2D eigenvalue weighted by atomic mass is 35.5. The molecular weight excluding hydrogens is 434 g/mol. The number of rotatable bonds is 3. The number of aromatic nitrogens is 2. The Kier molecular flexibility index (Phi) is 5.46. The van der Waals surface area contributed by atoms with Crippen molar-refractivity contribution in [1.82, 2.24) is 10.0 Å². The summed E-state index contributed by atoms with van der Waals surface area (Å²) < 4.78 is 38.5. The maximum Gasteiger partial charge on any atom is 0.416 e. The van der Waals surface area contributed by atoms with Gasteiger partial charge in [0.15, 0.2) is 0 Å². The molecule has 0 aliphatic heterocycles. The quantitative estimate of drug-likeness (QED) is 0.604. The van der Waals surface area contributed by atoms with Gasteiger partial charge in [0.1, 0.15) is 5.52 Å². The summed E-state index contributed by atoms with van der Waals surface area (Å²) in [6.07, 6.45) is -4.47. The number of halogens is 5. The highest BCUT2D eigenvalue weighted by Crippen LogP contribution is 2.29. The Balaban J connectivity index is 1.91. The Morgan fingerprint density at radius 2 is 1.76 bits per heavy atom. The van der Waals surface area contributed by atoms with Crippen LogP contribution in [-0.4, -0.2) is 10.6 Å². The van der Waals surface area contributed by atoms with Crippen molar-refractivity contribution in [1.29, 1.82) is 0 Å². The third-order valence-corrected chi connectivity index (χ3v) is 4.98. The predicted molar refractivity (Wildman–Crippen MR) is 101 cm³/mol. The first-order valence-corrected chi connectivity index (χ1v) is 8.85. The number of carbonyl (C=O) groups is 1. The van der Waals surface area contributed by atoms with Crippen LogP contribution in [0.4, 0.5) is 13.2 Å².